The lowest BCUT2D eigenvalue weighted by Crippen LogP contribution is -2.61. The maximum atomic E-state index is 9.60. The van der Waals surface area contributed by atoms with Crippen molar-refractivity contribution in [2.75, 3.05) is 4.90 Å². The molecule has 0 spiro atoms. The van der Waals surface area contributed by atoms with Gasteiger partial charge in [-0.25, -0.2) is 0 Å². The predicted octanol–water partition coefficient (Wildman–Crippen LogP) is 16.8. The van der Waals surface area contributed by atoms with Crippen molar-refractivity contribution < 1.29 is 1.37 Å². The summed E-state index contributed by atoms with van der Waals surface area (Å²) in [6.45, 7) is 8.92. The summed E-state index contributed by atoms with van der Waals surface area (Å²) in [5.41, 5.74) is 28.4. The first-order chi connectivity index (χ1) is 38.0. The molecule has 4 heterocycles. The molecule has 0 N–H and O–H groups in total. The fourth-order valence-electron chi connectivity index (χ4n) is 18.2. The summed E-state index contributed by atoms with van der Waals surface area (Å²) in [4.78, 5) is 2.57. The van der Waals surface area contributed by atoms with Crippen LogP contribution in [0.3, 0.4) is 0 Å². The summed E-state index contributed by atoms with van der Waals surface area (Å²) in [5, 5.41) is 7.99. The van der Waals surface area contributed by atoms with Gasteiger partial charge in [0.15, 0.2) is 0 Å². The number of fused-ring (bicyclic) bond motifs is 14. The zero-order valence-electron chi connectivity index (χ0n) is 45.0. The molecule has 20 rings (SSSR count). The van der Waals surface area contributed by atoms with Crippen LogP contribution in [0.5, 0.6) is 0 Å². The average Bonchev–Trinajstić information content (AvgIpc) is 2.88. The number of benzene rings is 10. The Morgan fingerprint density at radius 3 is 2.03 bits per heavy atom. The van der Waals surface area contributed by atoms with Crippen LogP contribution in [0, 0.1) is 17.8 Å². The Morgan fingerprint density at radius 1 is 0.519 bits per heavy atom. The molecule has 0 saturated heterocycles. The van der Waals surface area contributed by atoms with E-state index in [1.807, 2.05) is 0 Å². The van der Waals surface area contributed by atoms with Crippen molar-refractivity contribution in [3.8, 4) is 44.8 Å². The van der Waals surface area contributed by atoms with Crippen LogP contribution in [0.4, 0.5) is 17.1 Å². The van der Waals surface area contributed by atoms with Crippen molar-refractivity contribution in [2.45, 2.75) is 76.5 Å². The number of nitrogens with zero attached hydrogens (tertiary/aromatic N) is 3. The molecule has 10 aromatic carbocycles. The molecule has 2 unspecified atom stereocenters. The minimum atomic E-state index is -0.803. The highest BCUT2D eigenvalue weighted by Crippen LogP contribution is 2.66. The van der Waals surface area contributed by atoms with Crippen LogP contribution >= 0.6 is 0 Å². The van der Waals surface area contributed by atoms with Crippen LogP contribution in [0.15, 0.2) is 182 Å². The monoisotopic (exact) mass is 986 g/mol. The third kappa shape index (κ3) is 5.00. The molecule has 3 nitrogen and oxygen atoms in total. The highest BCUT2D eigenvalue weighted by molar-refractivity contribution is 7.01. The predicted molar refractivity (Wildman–Crippen MR) is 323 cm³/mol. The van der Waals surface area contributed by atoms with Gasteiger partial charge in [-0.05, 0) is 205 Å². The van der Waals surface area contributed by atoms with E-state index in [9.17, 15) is 1.37 Å². The third-order valence-electron chi connectivity index (χ3n) is 21.1. The second-order valence-electron chi connectivity index (χ2n) is 25.3. The minimum absolute atomic E-state index is 0.116. The van der Waals surface area contributed by atoms with Gasteiger partial charge in [0.1, 0.15) is 0 Å². The topological polar surface area (TPSA) is 13.1 Å². The van der Waals surface area contributed by atoms with E-state index < -0.39 is 5.89 Å². The number of para-hydroxylation sites is 1. The van der Waals surface area contributed by atoms with E-state index in [2.05, 4.69) is 224 Å². The Balaban J connectivity index is 0.999. The van der Waals surface area contributed by atoms with E-state index in [4.69, 9.17) is 0 Å². The van der Waals surface area contributed by atoms with Gasteiger partial charge < -0.3 is 14.0 Å². The summed E-state index contributed by atoms with van der Waals surface area (Å²) < 4.78 is 15.0. The molecule has 6 aliphatic carbocycles. The summed E-state index contributed by atoms with van der Waals surface area (Å²) in [5.74, 6) is 1.74. The first kappa shape index (κ1) is 41.1. The standard InChI is InChI=1S/C73H56BN3/c1-40(2)44-25-27-60-58(33-44)74-69-63(75(60)47-15-6-5-7-16-47)35-48(76-61-23-13-21-52-50-18-9-8-17-49(50)51-20-12-14-43-24-28-62(76)68(65(43)51)67(52)61)36-64(69)77-59-29-26-45(73-38-41-30-42(39-73)32-46(73)31-41)34-54(59)55-37-57-66(70(74)71(55)77)53-19-10-11-22-56(53)72(57,3)4/h5-29,33-37,40-42,46H,30-32,38-39H2,1-4H3/i40D. The van der Waals surface area contributed by atoms with E-state index in [1.54, 1.807) is 5.56 Å². The van der Waals surface area contributed by atoms with Gasteiger partial charge >= 0.3 is 0 Å². The van der Waals surface area contributed by atoms with Crippen molar-refractivity contribution in [1.29, 1.82) is 0 Å². The lowest BCUT2D eigenvalue weighted by atomic mass is 9.32. The molecule has 2 atom stereocenters. The molecule has 77 heavy (non-hydrogen) atoms. The van der Waals surface area contributed by atoms with Crippen LogP contribution < -0.4 is 21.3 Å². The molecular weight excluding hydrogens is 930 g/mol. The highest BCUT2D eigenvalue weighted by Gasteiger charge is 2.58. The second kappa shape index (κ2) is 14.1. The lowest BCUT2D eigenvalue weighted by molar-refractivity contribution is 0.266. The van der Waals surface area contributed by atoms with E-state index >= 15 is 0 Å². The van der Waals surface area contributed by atoms with Gasteiger partial charge in [-0.15, -0.1) is 0 Å². The van der Waals surface area contributed by atoms with Gasteiger partial charge in [0.2, 0.25) is 0 Å². The molecule has 0 radical (unpaired) electrons. The molecule has 4 bridgehead atoms. The number of anilines is 3. The molecule has 2 aromatic heterocycles. The molecule has 12 aromatic rings. The number of hydrogen-bond donors (Lipinski definition) is 0. The number of rotatable bonds is 4. The summed E-state index contributed by atoms with van der Waals surface area (Å²) in [6, 6.07) is 70.7. The molecular formula is C73H56BN3. The Hall–Kier alpha value is -8.08. The Labute approximate surface area is 450 Å². The summed E-state index contributed by atoms with van der Waals surface area (Å²) >= 11 is 0. The van der Waals surface area contributed by atoms with Gasteiger partial charge in [0.25, 0.3) is 6.71 Å². The molecule has 8 aliphatic rings. The smallest absolute Gasteiger partial charge is 0.253 e. The maximum Gasteiger partial charge on any atom is 0.253 e. The van der Waals surface area contributed by atoms with Gasteiger partial charge in [0.05, 0.1) is 22.2 Å². The molecule has 0 amide bonds. The quantitative estimate of drug-likeness (QED) is 0.160. The van der Waals surface area contributed by atoms with Crippen molar-refractivity contribution in [2.24, 2.45) is 17.8 Å². The molecule has 2 aliphatic heterocycles. The number of aromatic nitrogens is 2. The first-order valence-electron chi connectivity index (χ1n) is 29.1. The fourth-order valence-corrected chi connectivity index (χ4v) is 18.2. The van der Waals surface area contributed by atoms with Crippen LogP contribution in [0.2, 0.25) is 0 Å². The zero-order chi connectivity index (χ0) is 51.5. The van der Waals surface area contributed by atoms with Crippen molar-refractivity contribution in [3.63, 3.8) is 0 Å². The minimum Gasteiger partial charge on any atom is -0.311 e. The van der Waals surface area contributed by atoms with E-state index in [0.29, 0.717) is 0 Å². The lowest BCUT2D eigenvalue weighted by Gasteiger charge is -2.41. The third-order valence-corrected chi connectivity index (χ3v) is 21.1. The van der Waals surface area contributed by atoms with Crippen LogP contribution in [-0.2, 0) is 10.8 Å². The van der Waals surface area contributed by atoms with Gasteiger partial charge in [-0.3, -0.25) is 0 Å². The molecule has 4 saturated carbocycles. The van der Waals surface area contributed by atoms with Gasteiger partial charge in [0, 0.05) is 56.6 Å². The van der Waals surface area contributed by atoms with E-state index in [0.717, 1.165) is 34.7 Å². The van der Waals surface area contributed by atoms with Gasteiger partial charge in [-0.2, -0.15) is 0 Å². The molecule has 4 heteroatoms. The summed E-state index contributed by atoms with van der Waals surface area (Å²) in [7, 11) is 0. The van der Waals surface area contributed by atoms with E-state index in [-0.39, 0.29) is 17.5 Å². The molecule has 4 fully saturated rings. The van der Waals surface area contributed by atoms with Crippen molar-refractivity contribution >= 4 is 94.5 Å². The largest absolute Gasteiger partial charge is 0.311 e. The van der Waals surface area contributed by atoms with Crippen molar-refractivity contribution in [1.82, 2.24) is 9.13 Å². The Bertz CT molecular complexity index is 4760. The first-order valence-corrected chi connectivity index (χ1v) is 28.6. The van der Waals surface area contributed by atoms with Crippen LogP contribution in [0.1, 0.15) is 89.3 Å². The number of hydrogen-bond acceptors (Lipinski definition) is 1. The van der Waals surface area contributed by atoms with Crippen LogP contribution in [-0.4, -0.2) is 15.8 Å². The molecule has 366 valence electrons. The average molecular weight is 987 g/mol. The Kier molecular flexibility index (Phi) is 7.53. The van der Waals surface area contributed by atoms with E-state index in [1.165, 1.54) is 164 Å². The SMILES string of the molecule is [2H]C(C)(C)c1ccc2c(c1)B1c3c(cc(-n4c5cccc6c5c5c7c(cccc7ccc54)-c4ccccc4-6)cc3-n3c4ccc(C56CC7CC(CC5C7)C6)cc4c4cc5c(c1c43)-c1ccccc1C5(C)C)N2c1ccccc1. The Morgan fingerprint density at radius 2 is 1.22 bits per heavy atom. The van der Waals surface area contributed by atoms with Crippen molar-refractivity contribution in [3.05, 3.63) is 204 Å². The fraction of sp³-hybridized carbons (Fsp3) is 0.205. The highest BCUT2D eigenvalue weighted by atomic mass is 15.2. The normalized spacial score (nSPS) is 21.4. The van der Waals surface area contributed by atoms with Crippen LogP contribution in [0.25, 0.3) is 99.1 Å². The van der Waals surface area contributed by atoms with Gasteiger partial charge in [-0.1, -0.05) is 149 Å². The summed E-state index contributed by atoms with van der Waals surface area (Å²) in [6.07, 6.45) is 6.95. The maximum absolute atomic E-state index is 9.60. The second-order valence-corrected chi connectivity index (χ2v) is 25.3. The zero-order valence-corrected chi connectivity index (χ0v) is 44.0.